The van der Waals surface area contributed by atoms with Crippen LogP contribution in [0.3, 0.4) is 0 Å². The van der Waals surface area contributed by atoms with Crippen LogP contribution in [0, 0.1) is 0 Å². The summed E-state index contributed by atoms with van der Waals surface area (Å²) in [6, 6.07) is 0. The van der Waals surface area contributed by atoms with Gasteiger partial charge in [0.1, 0.15) is 0 Å². The molecule has 24 atom stereocenters. The maximum atomic E-state index is 7.27. The molecule has 0 amide bonds. The van der Waals surface area contributed by atoms with Crippen LogP contribution in [0.25, 0.3) is 0 Å². The Morgan fingerprint density at radius 2 is 0.255 bits per heavy atom. The molecule has 0 radical (unpaired) electrons. The van der Waals surface area contributed by atoms with Gasteiger partial charge in [0.2, 0.25) is 0 Å². The molecule has 0 aromatic heterocycles. The van der Waals surface area contributed by atoms with Crippen LogP contribution in [-0.4, -0.2) is 270 Å². The van der Waals surface area contributed by atoms with Crippen LogP contribution >= 0.6 is 0 Å². The normalized spacial score (nSPS) is 61.1. The van der Waals surface area contributed by atoms with Gasteiger partial charge in [0.25, 0.3) is 0 Å². The van der Waals surface area contributed by atoms with Crippen molar-refractivity contribution >= 4 is 244 Å². The van der Waals surface area contributed by atoms with Crippen molar-refractivity contribution in [1.82, 2.24) is 0 Å². The van der Waals surface area contributed by atoms with E-state index in [0.29, 0.717) is 0 Å². The molecule has 612 valence electrons. The van der Waals surface area contributed by atoms with Gasteiger partial charge in [-0.2, -0.15) is 0 Å². The molecular weight excluding hydrogens is 1890 g/mol. The van der Waals surface area contributed by atoms with Crippen molar-refractivity contribution in [2.75, 3.05) is 26.4 Å². The highest BCUT2D eigenvalue weighted by Crippen LogP contribution is 2.54. The molecule has 15 rings (SSSR count). The summed E-state index contributed by atoms with van der Waals surface area (Å²) < 4.78 is 288. The van der Waals surface area contributed by atoms with Gasteiger partial charge < -0.3 is 174 Å². The summed E-state index contributed by atoms with van der Waals surface area (Å²) >= 11 is 0. The smallest absolute Gasteiger partial charge is 0.394 e. The number of hydrogen-bond acceptors (Lipinski definition) is 42. The van der Waals surface area contributed by atoms with Gasteiger partial charge >= 0.3 is 244 Å². The van der Waals surface area contributed by atoms with E-state index >= 15 is 0 Å². The SMILES string of the molecule is CCO[Si]1(C)O[Si](C)(OCC)O[Si]2(C)O[Si](C)(O1)O[Si]1(C)O[Si](C)(O2)O[Si]2(C)O[Si](C)(O1)O[Si]1(C)O[Si](C)(O2)O[Si]2(C)O[Si](C)(O1)O[Si]1(C)O[Si](C)(O2)O[Si]2(C)O[Si](C)(O1)O[Si]1(C)O[Si](C)(OCC)O[Si](C)(OCC)[Si](C)(O2)O1.C[Si]12O[Si]3(C)O[Si]4(C)O[Si](C)(O1)O[Si]1(C)O[Si](C)(O2)O[Si](C)(O3)O[Si]1(C)O4. The minimum atomic E-state index is -4.37. The third-order valence-corrected chi connectivity index (χ3v) is 154. The number of rotatable bonds is 8. The highest BCUT2D eigenvalue weighted by molar-refractivity contribution is 7.37. The monoisotopic (exact) mass is 1990 g/mol. The predicted octanol–water partition coefficient (Wildman–Crippen LogP) is 5.03. The number of fused-ring (bicyclic) bond motifs is 16. The second-order valence-corrected chi connectivity index (χ2v) is 122. The summed E-state index contributed by atoms with van der Waals surface area (Å²) in [4.78, 5) is 0. The molecule has 24 unspecified atom stereocenters. The van der Waals surface area contributed by atoms with E-state index in [9.17, 15) is 0 Å². The molecule has 42 nitrogen and oxygen atoms in total. The van der Waals surface area contributed by atoms with Crippen molar-refractivity contribution in [3.63, 3.8) is 0 Å². The van der Waals surface area contributed by atoms with Crippen molar-refractivity contribution in [2.45, 2.75) is 211 Å². The average molecular weight is 2000 g/mol. The lowest BCUT2D eigenvalue weighted by Gasteiger charge is -2.58. The van der Waals surface area contributed by atoms with Crippen LogP contribution in [0.1, 0.15) is 27.7 Å². The largest absolute Gasteiger partial charge is 0.482 e. The van der Waals surface area contributed by atoms with E-state index in [1.165, 1.54) is 0 Å². The summed E-state index contributed by atoms with van der Waals surface area (Å²) in [5, 5.41) is 0. The van der Waals surface area contributed by atoms with Gasteiger partial charge in [-0.3, -0.25) is 0 Å². The quantitative estimate of drug-likeness (QED) is 0.287. The van der Waals surface area contributed by atoms with E-state index < -0.39 is 244 Å². The molecule has 15 heterocycles. The molecule has 15 aliphatic rings. The fourth-order valence-corrected chi connectivity index (χ4v) is 191. The van der Waals surface area contributed by atoms with Crippen molar-refractivity contribution in [3.05, 3.63) is 0 Å². The van der Waals surface area contributed by atoms with E-state index in [1.807, 2.05) is 80.1 Å². The van der Waals surface area contributed by atoms with Gasteiger partial charge in [0.15, 0.2) is 0 Å². The second-order valence-electron chi connectivity index (χ2n) is 30.1. The third-order valence-electron chi connectivity index (χ3n) is 17.4. The van der Waals surface area contributed by atoms with Gasteiger partial charge in [0.05, 0.1) is 0 Å². The molecule has 0 aliphatic carbocycles. The van der Waals surface area contributed by atoms with Crippen molar-refractivity contribution in [1.29, 1.82) is 0 Å². The maximum Gasteiger partial charge on any atom is 0.482 e. The van der Waals surface area contributed by atoms with Crippen LogP contribution in [0.5, 0.6) is 0 Å². The molecule has 0 N–H and O–H groups in total. The minimum Gasteiger partial charge on any atom is -0.394 e. The Kier molecular flexibility index (Phi) is 22.4. The molecule has 0 aromatic carbocycles. The molecule has 0 spiro atoms. The Labute approximate surface area is 649 Å². The van der Waals surface area contributed by atoms with Gasteiger partial charge in [-0.1, -0.05) is 0 Å². The Morgan fingerprint density at radius 3 is 0.415 bits per heavy atom. The zero-order chi connectivity index (χ0) is 78.5. The summed E-state index contributed by atoms with van der Waals surface area (Å²) in [5.74, 6) is 0. The van der Waals surface area contributed by atoms with Crippen LogP contribution in [0.2, 0.25) is 183 Å². The lowest BCUT2D eigenvalue weighted by atomic mass is 10.9. The van der Waals surface area contributed by atoms with Crippen molar-refractivity contribution in [2.24, 2.45) is 0 Å². The van der Waals surface area contributed by atoms with E-state index in [2.05, 4.69) is 0 Å². The first-order chi connectivity index (χ1) is 47.6. The molecule has 15 saturated heterocycles. The lowest BCUT2D eigenvalue weighted by molar-refractivity contribution is -0.00175. The summed E-state index contributed by atoms with van der Waals surface area (Å²) in [5.41, 5.74) is 0. The van der Waals surface area contributed by atoms with Crippen LogP contribution in [0.4, 0.5) is 0 Å². The molecule has 0 aromatic rings. The van der Waals surface area contributed by atoms with E-state index in [-0.39, 0.29) is 26.4 Å². The Balaban J connectivity index is 0.000000305. The van der Waals surface area contributed by atoms with Crippen molar-refractivity contribution < 1.29 is 174 Å². The zero-order valence-corrected chi connectivity index (χ0v) is 94.0. The van der Waals surface area contributed by atoms with Crippen LogP contribution in [0.15, 0.2) is 0 Å². The van der Waals surface area contributed by atoms with Crippen LogP contribution < -0.4 is 0 Å². The lowest BCUT2D eigenvalue weighted by Crippen LogP contribution is -2.84. The standard InChI is InChI=1S/C28H80O31Si20.C8H24O11Si8/c1-25-29-60(5)33-61(6,30-26-2)35-64(9)37-63(8,34-60)38-65(10)40-66(11,39-64)42-68(13)43-67(12,41-65)44-69(14)46-70(15,45-68)48-72(17)49-71(16,47-69)50-73(18)52-74(19,51-72)55-77(22)56-75(20,53-73)54-76(21)36-62(7,31-27-3)57-78(23,32-28-4)79(24,58-76)59-77;1-20-9-21(2)12-24(5)14-22(3,10-20)16-26(7)17-23(4,11-20)15-25(6,13-21)19-27(26,8)18-24/h25-28H2,1-24H3;1-8H3. The van der Waals surface area contributed by atoms with Crippen molar-refractivity contribution in [3.8, 4) is 0 Å². The fourth-order valence-electron chi connectivity index (χ4n) is 16.4. The first-order valence-corrected chi connectivity index (χ1v) is 99.5. The minimum absolute atomic E-state index is 0.241. The summed E-state index contributed by atoms with van der Waals surface area (Å²) in [6.45, 7) is 57.0. The molecule has 15 fully saturated rings. The van der Waals surface area contributed by atoms with E-state index in [4.69, 9.17) is 174 Å². The molecule has 24 bridgehead atoms. The van der Waals surface area contributed by atoms with Gasteiger partial charge in [-0.05, 0) is 53.9 Å². The molecular formula is C36H104O42Si28. The zero-order valence-electron chi connectivity index (χ0n) is 66.0. The Bertz CT molecular complexity index is 3370. The molecule has 70 heteroatoms. The Hall–Kier alpha value is 4.39. The Morgan fingerprint density at radius 1 is 0.132 bits per heavy atom. The average Bonchev–Trinajstić information content (AvgIpc) is 1.52. The molecule has 106 heavy (non-hydrogen) atoms. The first kappa shape index (κ1) is 88.2. The highest BCUT2D eigenvalue weighted by atomic mass is 29.3. The van der Waals surface area contributed by atoms with Gasteiger partial charge in [0, 0.05) is 184 Å². The summed E-state index contributed by atoms with van der Waals surface area (Å²) in [7, 11) is -108. The third kappa shape index (κ3) is 17.6. The van der Waals surface area contributed by atoms with Crippen LogP contribution in [-0.2, 0) is 174 Å². The second kappa shape index (κ2) is 26.9. The molecule has 15 aliphatic heterocycles. The van der Waals surface area contributed by atoms with E-state index in [1.54, 1.807) is 131 Å². The van der Waals surface area contributed by atoms with Gasteiger partial charge in [-0.15, -0.1) is 0 Å². The number of hydrogen-bond donors (Lipinski definition) is 0. The topological polar surface area (TPSA) is 388 Å². The first-order valence-electron chi connectivity index (χ1n) is 34.8. The fraction of sp³-hybridized carbons (Fsp3) is 1.00. The summed E-state index contributed by atoms with van der Waals surface area (Å²) in [6.07, 6.45) is 0. The predicted molar refractivity (Wildman–Crippen MR) is 413 cm³/mol. The maximum absolute atomic E-state index is 7.27. The van der Waals surface area contributed by atoms with E-state index in [0.717, 1.165) is 0 Å². The van der Waals surface area contributed by atoms with Gasteiger partial charge in [-0.25, -0.2) is 0 Å². The highest BCUT2D eigenvalue weighted by Gasteiger charge is 2.85. The molecule has 0 saturated carbocycles.